The molecule has 0 saturated heterocycles. The van der Waals surface area contributed by atoms with Crippen LogP contribution in [0, 0.1) is 0 Å². The first-order chi connectivity index (χ1) is 4.83. The van der Waals surface area contributed by atoms with Gasteiger partial charge in [0.15, 0.2) is 5.82 Å². The molecular weight excluding hydrogens is 150 g/mol. The summed E-state index contributed by atoms with van der Waals surface area (Å²) in [5, 5.41) is 7.68. The molecule has 0 spiro atoms. The van der Waals surface area contributed by atoms with E-state index in [0.717, 1.165) is 0 Å². The summed E-state index contributed by atoms with van der Waals surface area (Å²) in [5.74, 6) is 0.537. The minimum absolute atomic E-state index is 0.435. The van der Waals surface area contributed by atoms with E-state index < -0.39 is 0 Å². The van der Waals surface area contributed by atoms with Crippen LogP contribution in [-0.4, -0.2) is 12.0 Å². The van der Waals surface area contributed by atoms with E-state index in [1.807, 2.05) is 0 Å². The highest BCUT2D eigenvalue weighted by atomic mass is 35.5. The predicted octanol–water partition coefficient (Wildman–Crippen LogP) is 2.45. The summed E-state index contributed by atoms with van der Waals surface area (Å²) >= 11 is 5.57. The summed E-state index contributed by atoms with van der Waals surface area (Å²) in [5.41, 5.74) is 0. The summed E-state index contributed by atoms with van der Waals surface area (Å²) in [6.45, 7) is 0. The Labute approximate surface area is 63.8 Å². The van der Waals surface area contributed by atoms with Crippen LogP contribution in [0.1, 0.15) is 0 Å². The molecule has 0 bridgehead atoms. The molecule has 0 atom stereocenters. The van der Waals surface area contributed by atoms with Crippen LogP contribution in [0.3, 0.4) is 0 Å². The molecule has 0 fully saturated rings. The van der Waals surface area contributed by atoms with Gasteiger partial charge in [-0.3, -0.25) is 0 Å². The molecular formula is C6H6ClN3. The van der Waals surface area contributed by atoms with E-state index in [0.29, 0.717) is 11.0 Å². The molecule has 0 N–H and O–H groups in total. The molecule has 0 aliphatic heterocycles. The zero-order valence-electron chi connectivity index (χ0n) is 5.45. The number of azo groups is 1. The van der Waals surface area contributed by atoms with Gasteiger partial charge in [0.2, 0.25) is 0 Å². The van der Waals surface area contributed by atoms with Crippen LogP contribution < -0.4 is 0 Å². The summed E-state index contributed by atoms with van der Waals surface area (Å²) in [6, 6.07) is 5.20. The molecule has 10 heavy (non-hydrogen) atoms. The first kappa shape index (κ1) is 7.15. The molecule has 0 amide bonds. The number of pyridine rings is 1. The highest BCUT2D eigenvalue weighted by molar-refractivity contribution is 6.29. The zero-order valence-corrected chi connectivity index (χ0v) is 6.21. The first-order valence-electron chi connectivity index (χ1n) is 2.75. The molecule has 0 unspecified atom stereocenters. The van der Waals surface area contributed by atoms with E-state index in [2.05, 4.69) is 15.2 Å². The number of rotatable bonds is 1. The molecule has 1 rings (SSSR count). The maximum Gasteiger partial charge on any atom is 0.175 e. The van der Waals surface area contributed by atoms with Crippen LogP contribution in [0.5, 0.6) is 0 Å². The van der Waals surface area contributed by atoms with E-state index in [-0.39, 0.29) is 0 Å². The van der Waals surface area contributed by atoms with Gasteiger partial charge < -0.3 is 0 Å². The van der Waals surface area contributed by atoms with Gasteiger partial charge in [-0.15, -0.1) is 5.11 Å². The second-order valence-corrected chi connectivity index (χ2v) is 2.01. The van der Waals surface area contributed by atoms with Crippen molar-refractivity contribution in [3.8, 4) is 0 Å². The summed E-state index contributed by atoms with van der Waals surface area (Å²) < 4.78 is 0. The van der Waals surface area contributed by atoms with Crippen molar-refractivity contribution in [3.05, 3.63) is 23.4 Å². The molecule has 1 heterocycles. The van der Waals surface area contributed by atoms with Crippen molar-refractivity contribution in [1.82, 2.24) is 4.98 Å². The molecule has 0 aliphatic carbocycles. The summed E-state index contributed by atoms with van der Waals surface area (Å²) in [4.78, 5) is 3.87. The van der Waals surface area contributed by atoms with Crippen molar-refractivity contribution in [2.75, 3.05) is 7.05 Å². The van der Waals surface area contributed by atoms with E-state index in [1.165, 1.54) is 0 Å². The van der Waals surface area contributed by atoms with Crippen molar-refractivity contribution in [2.24, 2.45) is 10.2 Å². The predicted molar refractivity (Wildman–Crippen MR) is 39.7 cm³/mol. The fourth-order valence-electron chi connectivity index (χ4n) is 0.556. The highest BCUT2D eigenvalue weighted by Crippen LogP contribution is 2.11. The van der Waals surface area contributed by atoms with Crippen molar-refractivity contribution < 1.29 is 0 Å². The molecule has 4 heteroatoms. The number of aromatic nitrogens is 1. The van der Waals surface area contributed by atoms with Gasteiger partial charge in [0.05, 0.1) is 0 Å². The second kappa shape index (κ2) is 3.27. The molecule has 0 saturated carbocycles. The van der Waals surface area contributed by atoms with E-state index in [1.54, 1.807) is 25.2 Å². The SMILES string of the molecule is CN=Nc1cccc(Cl)n1. The van der Waals surface area contributed by atoms with Gasteiger partial charge in [-0.1, -0.05) is 17.7 Å². The van der Waals surface area contributed by atoms with Gasteiger partial charge in [-0.05, 0) is 12.1 Å². The van der Waals surface area contributed by atoms with Crippen LogP contribution >= 0.6 is 11.6 Å². The van der Waals surface area contributed by atoms with Gasteiger partial charge >= 0.3 is 0 Å². The van der Waals surface area contributed by atoms with Gasteiger partial charge in [0.25, 0.3) is 0 Å². The van der Waals surface area contributed by atoms with Crippen LogP contribution in [-0.2, 0) is 0 Å². The Hall–Kier alpha value is -0.960. The molecule has 0 aromatic carbocycles. The average Bonchev–Trinajstić information content (AvgIpc) is 1.88. The highest BCUT2D eigenvalue weighted by Gasteiger charge is 1.89. The Bertz CT molecular complexity index is 247. The van der Waals surface area contributed by atoms with Crippen molar-refractivity contribution in [3.63, 3.8) is 0 Å². The minimum atomic E-state index is 0.435. The second-order valence-electron chi connectivity index (χ2n) is 1.62. The maximum atomic E-state index is 5.57. The molecule has 1 aromatic rings. The van der Waals surface area contributed by atoms with E-state index >= 15 is 0 Å². The molecule has 52 valence electrons. The Morgan fingerprint density at radius 1 is 1.50 bits per heavy atom. The lowest BCUT2D eigenvalue weighted by atomic mass is 10.5. The van der Waals surface area contributed by atoms with Crippen LogP contribution in [0.25, 0.3) is 0 Å². The minimum Gasteiger partial charge on any atom is -0.215 e. The van der Waals surface area contributed by atoms with E-state index in [4.69, 9.17) is 11.6 Å². The fraction of sp³-hybridized carbons (Fsp3) is 0.167. The summed E-state index contributed by atoms with van der Waals surface area (Å²) in [6.07, 6.45) is 0. The topological polar surface area (TPSA) is 37.6 Å². The Morgan fingerprint density at radius 2 is 2.30 bits per heavy atom. The third kappa shape index (κ3) is 1.77. The first-order valence-corrected chi connectivity index (χ1v) is 3.13. The monoisotopic (exact) mass is 155 g/mol. The molecule has 3 nitrogen and oxygen atoms in total. The van der Waals surface area contributed by atoms with Gasteiger partial charge in [0.1, 0.15) is 5.15 Å². The maximum absolute atomic E-state index is 5.57. The number of nitrogens with zero attached hydrogens (tertiary/aromatic N) is 3. The largest absolute Gasteiger partial charge is 0.215 e. The Kier molecular flexibility index (Phi) is 2.34. The van der Waals surface area contributed by atoms with Crippen LogP contribution in [0.4, 0.5) is 5.82 Å². The van der Waals surface area contributed by atoms with Crippen molar-refractivity contribution in [1.29, 1.82) is 0 Å². The Balaban J connectivity index is 2.95. The normalized spacial score (nSPS) is 10.6. The number of hydrogen-bond donors (Lipinski definition) is 0. The standard InChI is InChI=1S/C6H6ClN3/c1-8-10-6-4-2-3-5(7)9-6/h2-4H,1H3. The molecule has 1 aromatic heterocycles. The van der Waals surface area contributed by atoms with Crippen LogP contribution in [0.2, 0.25) is 5.15 Å². The molecule has 0 aliphatic rings. The zero-order chi connectivity index (χ0) is 7.40. The van der Waals surface area contributed by atoms with Crippen LogP contribution in [0.15, 0.2) is 28.4 Å². The molecule has 0 radical (unpaired) electrons. The lowest BCUT2D eigenvalue weighted by Crippen LogP contribution is -1.72. The lowest BCUT2D eigenvalue weighted by Gasteiger charge is -1.89. The number of halogens is 1. The fourth-order valence-corrected chi connectivity index (χ4v) is 0.715. The smallest absolute Gasteiger partial charge is 0.175 e. The third-order valence-corrected chi connectivity index (χ3v) is 1.11. The van der Waals surface area contributed by atoms with Gasteiger partial charge in [0, 0.05) is 7.05 Å². The van der Waals surface area contributed by atoms with E-state index in [9.17, 15) is 0 Å². The Morgan fingerprint density at radius 3 is 2.90 bits per heavy atom. The van der Waals surface area contributed by atoms with Gasteiger partial charge in [-0.2, -0.15) is 5.11 Å². The summed E-state index contributed by atoms with van der Waals surface area (Å²) in [7, 11) is 1.59. The average molecular weight is 156 g/mol. The van der Waals surface area contributed by atoms with Gasteiger partial charge in [-0.25, -0.2) is 4.98 Å². The van der Waals surface area contributed by atoms with Crippen molar-refractivity contribution in [2.45, 2.75) is 0 Å². The number of hydrogen-bond acceptors (Lipinski definition) is 3. The third-order valence-electron chi connectivity index (χ3n) is 0.903. The van der Waals surface area contributed by atoms with Crippen molar-refractivity contribution >= 4 is 17.4 Å². The quantitative estimate of drug-likeness (QED) is 0.454. The lowest BCUT2D eigenvalue weighted by molar-refractivity contribution is 1.11.